The summed E-state index contributed by atoms with van der Waals surface area (Å²) in [6.07, 6.45) is 23.6. The monoisotopic (exact) mass is 290 g/mol. The largest absolute Gasteiger partial charge is 0.0932 e. The normalized spacial score (nSPS) is 27.0. The molecule has 0 spiro atoms. The van der Waals surface area contributed by atoms with Gasteiger partial charge in [0.1, 0.15) is 0 Å². The first-order valence-corrected chi connectivity index (χ1v) is 10.5. The maximum absolute atomic E-state index is 2.58. The summed E-state index contributed by atoms with van der Waals surface area (Å²) in [4.78, 5) is 0. The minimum absolute atomic E-state index is 0.222. The molecule has 112 valence electrons. The van der Waals surface area contributed by atoms with Crippen LogP contribution in [0.15, 0.2) is 23.8 Å². The standard InChI is InChI=1S/C19H31P/c1-16(17-10-8-9-11-17)20(18-12-4-2-5-13-18)19-14-6-3-7-15-19/h8-10,16,18-19H,2-7,11-15H2,1H3. The van der Waals surface area contributed by atoms with Crippen molar-refractivity contribution in [1.82, 2.24) is 0 Å². The van der Waals surface area contributed by atoms with Crippen molar-refractivity contribution in [3.63, 3.8) is 0 Å². The van der Waals surface area contributed by atoms with E-state index in [1.165, 1.54) is 44.9 Å². The number of allylic oxidation sites excluding steroid dienone is 4. The van der Waals surface area contributed by atoms with Crippen LogP contribution in [0.2, 0.25) is 0 Å². The zero-order valence-electron chi connectivity index (χ0n) is 13.2. The highest BCUT2D eigenvalue weighted by Crippen LogP contribution is 2.60. The number of rotatable bonds is 4. The topological polar surface area (TPSA) is 0 Å². The first-order valence-electron chi connectivity index (χ1n) is 8.99. The molecule has 3 aliphatic rings. The molecule has 0 radical (unpaired) electrons. The Labute approximate surface area is 126 Å². The van der Waals surface area contributed by atoms with Crippen molar-refractivity contribution in [2.24, 2.45) is 0 Å². The van der Waals surface area contributed by atoms with Gasteiger partial charge < -0.3 is 0 Å². The molecule has 0 amide bonds. The molecule has 1 heteroatoms. The predicted molar refractivity (Wildman–Crippen MR) is 92.0 cm³/mol. The van der Waals surface area contributed by atoms with Crippen molar-refractivity contribution >= 4 is 7.92 Å². The summed E-state index contributed by atoms with van der Waals surface area (Å²) in [5, 5.41) is 0. The summed E-state index contributed by atoms with van der Waals surface area (Å²) in [6, 6.07) is 0. The van der Waals surface area contributed by atoms with Crippen molar-refractivity contribution in [3.8, 4) is 0 Å². The SMILES string of the molecule is CC(C1=CC=CC1)P(C1CCCCC1)C1CCCCC1. The van der Waals surface area contributed by atoms with E-state index in [4.69, 9.17) is 0 Å². The molecule has 2 saturated carbocycles. The van der Waals surface area contributed by atoms with Crippen molar-refractivity contribution in [2.75, 3.05) is 0 Å². The van der Waals surface area contributed by atoms with Crippen LogP contribution >= 0.6 is 7.92 Å². The van der Waals surface area contributed by atoms with Crippen LogP contribution in [0.5, 0.6) is 0 Å². The fraction of sp³-hybridized carbons (Fsp3) is 0.789. The second-order valence-electron chi connectivity index (χ2n) is 7.08. The maximum Gasteiger partial charge on any atom is -0.00166 e. The highest BCUT2D eigenvalue weighted by Gasteiger charge is 2.35. The van der Waals surface area contributed by atoms with Crippen molar-refractivity contribution in [2.45, 2.75) is 94.5 Å². The zero-order chi connectivity index (χ0) is 13.8. The molecule has 0 aromatic rings. The van der Waals surface area contributed by atoms with E-state index in [2.05, 4.69) is 25.2 Å². The molecule has 1 atom stereocenters. The summed E-state index contributed by atoms with van der Waals surface area (Å²) in [5.41, 5.74) is 4.84. The van der Waals surface area contributed by atoms with E-state index in [9.17, 15) is 0 Å². The number of hydrogen-bond acceptors (Lipinski definition) is 0. The molecule has 0 nitrogen and oxygen atoms in total. The molecule has 20 heavy (non-hydrogen) atoms. The average molecular weight is 290 g/mol. The second-order valence-corrected chi connectivity index (χ2v) is 10.2. The van der Waals surface area contributed by atoms with Gasteiger partial charge in [-0.2, -0.15) is 0 Å². The fourth-order valence-electron chi connectivity index (χ4n) is 4.65. The zero-order valence-corrected chi connectivity index (χ0v) is 14.1. The van der Waals surface area contributed by atoms with Gasteiger partial charge in [-0.3, -0.25) is 0 Å². The molecule has 3 rings (SSSR count). The quantitative estimate of drug-likeness (QED) is 0.525. The third-order valence-electron chi connectivity index (χ3n) is 5.78. The van der Waals surface area contributed by atoms with Gasteiger partial charge in [0.25, 0.3) is 0 Å². The van der Waals surface area contributed by atoms with E-state index in [0.717, 1.165) is 17.0 Å². The highest BCUT2D eigenvalue weighted by atomic mass is 31.1. The van der Waals surface area contributed by atoms with Gasteiger partial charge in [-0.05, 0) is 49.1 Å². The molecule has 3 aliphatic carbocycles. The van der Waals surface area contributed by atoms with Gasteiger partial charge in [0, 0.05) is 0 Å². The molecule has 0 aromatic heterocycles. The Morgan fingerprint density at radius 1 is 0.900 bits per heavy atom. The Kier molecular flexibility index (Phi) is 5.38. The summed E-state index contributed by atoms with van der Waals surface area (Å²) in [7, 11) is 0.222. The smallest absolute Gasteiger partial charge is 0.00166 e. The van der Waals surface area contributed by atoms with Crippen LogP contribution in [0, 0.1) is 0 Å². The van der Waals surface area contributed by atoms with Crippen molar-refractivity contribution in [1.29, 1.82) is 0 Å². The maximum atomic E-state index is 2.58. The van der Waals surface area contributed by atoms with Gasteiger partial charge in [0.05, 0.1) is 0 Å². The highest BCUT2D eigenvalue weighted by molar-refractivity contribution is 7.60. The fourth-order valence-corrected chi connectivity index (χ4v) is 9.01. The minimum Gasteiger partial charge on any atom is -0.0932 e. The van der Waals surface area contributed by atoms with Gasteiger partial charge >= 0.3 is 0 Å². The van der Waals surface area contributed by atoms with Gasteiger partial charge in [0.15, 0.2) is 0 Å². The third kappa shape index (κ3) is 3.38. The molecule has 0 bridgehead atoms. The van der Waals surface area contributed by atoms with E-state index in [0.29, 0.717) is 0 Å². The molecule has 2 fully saturated rings. The lowest BCUT2D eigenvalue weighted by Crippen LogP contribution is -2.26. The van der Waals surface area contributed by atoms with E-state index in [1.54, 1.807) is 31.3 Å². The lowest BCUT2D eigenvalue weighted by atomic mass is 9.99. The molecular formula is C19H31P. The van der Waals surface area contributed by atoms with Gasteiger partial charge in [-0.25, -0.2) is 0 Å². The van der Waals surface area contributed by atoms with E-state index in [1.807, 2.05) is 0 Å². The predicted octanol–water partition coefficient (Wildman–Crippen LogP) is 6.41. The molecular weight excluding hydrogens is 259 g/mol. The Hall–Kier alpha value is -0.0900. The average Bonchev–Trinajstić information content (AvgIpc) is 3.04. The molecule has 0 aromatic carbocycles. The Morgan fingerprint density at radius 2 is 1.45 bits per heavy atom. The second kappa shape index (κ2) is 7.26. The molecule has 0 N–H and O–H groups in total. The molecule has 0 saturated heterocycles. The van der Waals surface area contributed by atoms with E-state index in [-0.39, 0.29) is 7.92 Å². The third-order valence-corrected chi connectivity index (χ3v) is 9.72. The van der Waals surface area contributed by atoms with Crippen molar-refractivity contribution < 1.29 is 0 Å². The molecule has 0 heterocycles. The van der Waals surface area contributed by atoms with Crippen LogP contribution in [0.4, 0.5) is 0 Å². The van der Waals surface area contributed by atoms with Crippen molar-refractivity contribution in [3.05, 3.63) is 23.8 Å². The Morgan fingerprint density at radius 3 is 1.90 bits per heavy atom. The summed E-state index contributed by atoms with van der Waals surface area (Å²) in [6.45, 7) is 2.58. The van der Waals surface area contributed by atoms with Crippen LogP contribution in [0.1, 0.15) is 77.6 Å². The first-order chi connectivity index (χ1) is 9.86. The van der Waals surface area contributed by atoms with Gasteiger partial charge in [-0.1, -0.05) is 77.2 Å². The van der Waals surface area contributed by atoms with Crippen LogP contribution in [0.3, 0.4) is 0 Å². The van der Waals surface area contributed by atoms with E-state index >= 15 is 0 Å². The van der Waals surface area contributed by atoms with Crippen LogP contribution in [-0.4, -0.2) is 17.0 Å². The first kappa shape index (κ1) is 14.8. The van der Waals surface area contributed by atoms with Crippen LogP contribution < -0.4 is 0 Å². The summed E-state index contributed by atoms with van der Waals surface area (Å²) < 4.78 is 0. The Balaban J connectivity index is 1.74. The summed E-state index contributed by atoms with van der Waals surface area (Å²) in [5.74, 6) is 0. The minimum atomic E-state index is 0.222. The summed E-state index contributed by atoms with van der Waals surface area (Å²) >= 11 is 0. The Bertz CT molecular complexity index is 338. The number of hydrogen-bond donors (Lipinski definition) is 0. The lowest BCUT2D eigenvalue weighted by molar-refractivity contribution is 0.482. The molecule has 1 unspecified atom stereocenters. The molecule has 0 aliphatic heterocycles. The van der Waals surface area contributed by atoms with Gasteiger partial charge in [-0.15, -0.1) is 0 Å². The lowest BCUT2D eigenvalue weighted by Gasteiger charge is -2.42. The van der Waals surface area contributed by atoms with E-state index < -0.39 is 0 Å². The van der Waals surface area contributed by atoms with Crippen LogP contribution in [0.25, 0.3) is 0 Å². The van der Waals surface area contributed by atoms with Gasteiger partial charge in [0.2, 0.25) is 0 Å². The van der Waals surface area contributed by atoms with Crippen LogP contribution in [-0.2, 0) is 0 Å².